The van der Waals surface area contributed by atoms with E-state index in [2.05, 4.69) is 13.8 Å². The van der Waals surface area contributed by atoms with E-state index in [1.165, 1.54) is 0 Å². The van der Waals surface area contributed by atoms with Gasteiger partial charge in [-0.2, -0.15) is 11.8 Å². The number of carbonyl (C=O) groups is 1. The predicted molar refractivity (Wildman–Crippen MR) is 117 cm³/mol. The second-order valence-electron chi connectivity index (χ2n) is 8.84. The first kappa shape index (κ1) is 25.9. The fourth-order valence-corrected chi connectivity index (χ4v) is 4.51. The van der Waals surface area contributed by atoms with Gasteiger partial charge in [0, 0.05) is 11.7 Å². The molecule has 0 radical (unpaired) electrons. The molecule has 3 nitrogen and oxygen atoms in total. The van der Waals surface area contributed by atoms with Gasteiger partial charge in [0.2, 0.25) is 6.43 Å². The highest BCUT2D eigenvalue weighted by atomic mass is 32.2. The number of rotatable bonds is 14. The van der Waals surface area contributed by atoms with E-state index >= 15 is 0 Å². The average molecular weight is 431 g/mol. The summed E-state index contributed by atoms with van der Waals surface area (Å²) >= 11 is 1.71. The Morgan fingerprint density at radius 3 is 2.45 bits per heavy atom. The molecule has 0 spiro atoms. The monoisotopic (exact) mass is 430 g/mol. The predicted octanol–water partition coefficient (Wildman–Crippen LogP) is 5.78. The van der Waals surface area contributed by atoms with Gasteiger partial charge in [-0.3, -0.25) is 4.79 Å². The number of alkyl halides is 2. The molecule has 166 valence electrons. The normalized spacial score (nSPS) is 15.3. The maximum Gasteiger partial charge on any atom is 0.313 e. The van der Waals surface area contributed by atoms with Crippen molar-refractivity contribution in [3.63, 3.8) is 0 Å². The van der Waals surface area contributed by atoms with Crippen LogP contribution in [0.1, 0.15) is 64.5 Å². The van der Waals surface area contributed by atoms with Crippen molar-refractivity contribution < 1.29 is 23.8 Å². The van der Waals surface area contributed by atoms with Crippen molar-refractivity contribution in [2.75, 3.05) is 18.1 Å². The summed E-state index contributed by atoms with van der Waals surface area (Å²) in [5, 5.41) is 18.9. The first-order valence-electron chi connectivity index (χ1n) is 10.4. The first-order chi connectivity index (χ1) is 13.6. The van der Waals surface area contributed by atoms with E-state index < -0.39 is 23.7 Å². The minimum absolute atomic E-state index is 0.0622. The number of hydrogen-bond donors (Lipinski definition) is 2. The number of carboxylic acids is 1. The molecule has 2 atom stereocenters. The lowest BCUT2D eigenvalue weighted by molar-refractivity contribution is -0.143. The lowest BCUT2D eigenvalue weighted by Gasteiger charge is -2.29. The van der Waals surface area contributed by atoms with Gasteiger partial charge in [0.1, 0.15) is 0 Å². The quantitative estimate of drug-likeness (QED) is 0.367. The van der Waals surface area contributed by atoms with Crippen LogP contribution in [-0.2, 0) is 16.6 Å². The summed E-state index contributed by atoms with van der Waals surface area (Å²) in [7, 11) is 0. The van der Waals surface area contributed by atoms with Gasteiger partial charge in [0.25, 0.3) is 0 Å². The second-order valence-corrected chi connectivity index (χ2v) is 9.94. The Bertz CT molecular complexity index is 636. The van der Waals surface area contributed by atoms with Crippen molar-refractivity contribution in [3.8, 4) is 0 Å². The third kappa shape index (κ3) is 8.25. The third-order valence-electron chi connectivity index (χ3n) is 5.67. The van der Waals surface area contributed by atoms with Crippen molar-refractivity contribution in [1.29, 1.82) is 0 Å². The van der Waals surface area contributed by atoms with Crippen LogP contribution in [0.4, 0.5) is 8.78 Å². The smallest absolute Gasteiger partial charge is 0.313 e. The van der Waals surface area contributed by atoms with Gasteiger partial charge in [-0.25, -0.2) is 8.78 Å². The molecule has 0 aliphatic heterocycles. The summed E-state index contributed by atoms with van der Waals surface area (Å²) in [6.45, 7) is 7.96. The molecule has 2 N–H and O–H groups in total. The average Bonchev–Trinajstić information content (AvgIpc) is 2.65. The van der Waals surface area contributed by atoms with E-state index in [0.717, 1.165) is 24.2 Å². The van der Waals surface area contributed by atoms with Crippen LogP contribution in [0.5, 0.6) is 0 Å². The molecule has 2 unspecified atom stereocenters. The zero-order valence-electron chi connectivity index (χ0n) is 18.1. The maximum absolute atomic E-state index is 13.1. The van der Waals surface area contributed by atoms with Gasteiger partial charge in [0.05, 0.1) is 12.0 Å². The summed E-state index contributed by atoms with van der Waals surface area (Å²) in [6.07, 6.45) is 0.409. The fourth-order valence-electron chi connectivity index (χ4n) is 3.54. The van der Waals surface area contributed by atoms with Crippen molar-refractivity contribution in [3.05, 3.63) is 35.4 Å². The van der Waals surface area contributed by atoms with E-state index in [1.807, 2.05) is 0 Å². The molecule has 0 bridgehead atoms. The number of aliphatic hydroxyl groups is 1. The van der Waals surface area contributed by atoms with Crippen LogP contribution in [0, 0.1) is 11.3 Å². The van der Waals surface area contributed by atoms with Crippen molar-refractivity contribution >= 4 is 17.7 Å². The van der Waals surface area contributed by atoms with Crippen LogP contribution in [0.15, 0.2) is 24.3 Å². The topological polar surface area (TPSA) is 57.5 Å². The van der Waals surface area contributed by atoms with Crippen LogP contribution in [0.2, 0.25) is 0 Å². The number of hydrogen-bond acceptors (Lipinski definition) is 3. The zero-order valence-corrected chi connectivity index (χ0v) is 18.9. The van der Waals surface area contributed by atoms with Crippen LogP contribution >= 0.6 is 11.8 Å². The molecular formula is C23H36F2O3S. The molecule has 0 heterocycles. The molecule has 29 heavy (non-hydrogen) atoms. The van der Waals surface area contributed by atoms with Gasteiger partial charge in [0.15, 0.2) is 0 Å². The lowest BCUT2D eigenvalue weighted by Crippen LogP contribution is -2.33. The van der Waals surface area contributed by atoms with E-state index in [1.54, 1.807) is 49.9 Å². The number of thioether (sulfide) groups is 1. The van der Waals surface area contributed by atoms with Gasteiger partial charge in [-0.1, -0.05) is 51.5 Å². The van der Waals surface area contributed by atoms with Crippen LogP contribution in [0.25, 0.3) is 0 Å². The molecular weight excluding hydrogens is 394 g/mol. The summed E-state index contributed by atoms with van der Waals surface area (Å²) in [6, 6.07) is 7.17. The molecule has 1 aromatic rings. The molecule has 6 heteroatoms. The Morgan fingerprint density at radius 1 is 1.21 bits per heavy atom. The van der Waals surface area contributed by atoms with Crippen molar-refractivity contribution in [2.45, 2.75) is 71.6 Å². The Hall–Kier alpha value is -1.14. The van der Waals surface area contributed by atoms with Gasteiger partial charge >= 0.3 is 5.97 Å². The molecule has 0 amide bonds. The second kappa shape index (κ2) is 11.9. The highest BCUT2D eigenvalue weighted by Gasteiger charge is 2.35. The van der Waals surface area contributed by atoms with Crippen molar-refractivity contribution in [2.24, 2.45) is 11.3 Å². The molecule has 0 aromatic heterocycles. The molecule has 0 saturated heterocycles. The standard InChI is InChI=1S/C23H36F2O3S/c1-5-18(20(24)25)14-17-8-6-9-19(15-17)23(4,21(27)28)11-7-10-22(2,3)16-29-13-12-26/h6,8-9,15,18,20,26H,5,7,10-14,16H2,1-4H3,(H,27,28). The Kier molecular flexibility index (Phi) is 10.6. The third-order valence-corrected chi connectivity index (χ3v) is 7.13. The van der Waals surface area contributed by atoms with Gasteiger partial charge in [-0.05, 0) is 54.9 Å². The first-order valence-corrected chi connectivity index (χ1v) is 11.5. The maximum atomic E-state index is 13.1. The van der Waals surface area contributed by atoms with E-state index in [4.69, 9.17) is 5.11 Å². The van der Waals surface area contributed by atoms with Crippen LogP contribution in [-0.4, -0.2) is 40.7 Å². The summed E-state index contributed by atoms with van der Waals surface area (Å²) < 4.78 is 26.3. The van der Waals surface area contributed by atoms with E-state index in [-0.39, 0.29) is 18.4 Å². The molecule has 0 aliphatic carbocycles. The number of benzene rings is 1. The van der Waals surface area contributed by atoms with E-state index in [0.29, 0.717) is 24.2 Å². The summed E-state index contributed by atoms with van der Waals surface area (Å²) in [5.41, 5.74) is 0.464. The van der Waals surface area contributed by atoms with Gasteiger partial charge < -0.3 is 10.2 Å². The largest absolute Gasteiger partial charge is 0.481 e. The Morgan fingerprint density at radius 2 is 1.90 bits per heavy atom. The highest BCUT2D eigenvalue weighted by Crippen LogP contribution is 2.35. The van der Waals surface area contributed by atoms with Crippen LogP contribution in [0.3, 0.4) is 0 Å². The minimum atomic E-state index is -2.37. The zero-order chi connectivity index (χ0) is 22.1. The van der Waals surface area contributed by atoms with Gasteiger partial charge in [-0.15, -0.1) is 0 Å². The fraction of sp³-hybridized carbons (Fsp3) is 0.696. The minimum Gasteiger partial charge on any atom is -0.481 e. The number of aliphatic hydroxyl groups excluding tert-OH is 1. The highest BCUT2D eigenvalue weighted by molar-refractivity contribution is 7.99. The Balaban J connectivity index is 2.87. The summed E-state index contributed by atoms with van der Waals surface area (Å²) in [4.78, 5) is 12.1. The van der Waals surface area contributed by atoms with E-state index in [9.17, 15) is 18.7 Å². The molecule has 0 aliphatic rings. The number of aliphatic carboxylic acids is 1. The summed E-state index contributed by atoms with van der Waals surface area (Å²) in [5.74, 6) is 0.0285. The Labute approximate surface area is 178 Å². The SMILES string of the molecule is CCC(Cc1cccc(C(C)(CCCC(C)(C)CSCCO)C(=O)O)c1)C(F)F. The number of halogens is 2. The molecule has 0 fully saturated rings. The molecule has 1 rings (SSSR count). The number of carboxylic acid groups (broad SMARTS) is 1. The lowest BCUT2D eigenvalue weighted by atomic mass is 9.75. The van der Waals surface area contributed by atoms with Crippen LogP contribution < -0.4 is 0 Å². The molecule has 1 aromatic carbocycles. The van der Waals surface area contributed by atoms with Crippen molar-refractivity contribution in [1.82, 2.24) is 0 Å². The molecule has 0 saturated carbocycles.